The molecule has 0 aromatic carbocycles. The second-order valence-electron chi connectivity index (χ2n) is 15.6. The van der Waals surface area contributed by atoms with Gasteiger partial charge in [-0.15, -0.1) is 0 Å². The van der Waals surface area contributed by atoms with Crippen molar-refractivity contribution in [1.29, 1.82) is 0 Å². The van der Waals surface area contributed by atoms with E-state index in [-0.39, 0.29) is 6.23 Å². The van der Waals surface area contributed by atoms with E-state index in [1.54, 1.807) is 6.42 Å². The number of hydrogen-bond donors (Lipinski definition) is 4. The summed E-state index contributed by atoms with van der Waals surface area (Å²) in [5, 5.41) is 17.2. The Balaban J connectivity index is 1.20. The Kier molecular flexibility index (Phi) is 11.7. The fourth-order valence-electron chi connectivity index (χ4n) is 10.7. The minimum absolute atomic E-state index is 0.383. The predicted octanol–water partition coefficient (Wildman–Crippen LogP) is 7.35. The maximum absolute atomic E-state index is 10.4. The van der Waals surface area contributed by atoms with Gasteiger partial charge < -0.3 is 16.2 Å². The van der Waals surface area contributed by atoms with Gasteiger partial charge in [0.2, 0.25) is 0 Å². The van der Waals surface area contributed by atoms with Gasteiger partial charge in [0, 0.05) is 6.54 Å². The van der Waals surface area contributed by atoms with E-state index in [1.165, 1.54) is 70.6 Å². The molecule has 0 radical (unpaired) electrons. The van der Waals surface area contributed by atoms with Crippen LogP contribution in [0.25, 0.3) is 0 Å². The molecule has 39 heavy (non-hydrogen) atoms. The van der Waals surface area contributed by atoms with Gasteiger partial charge >= 0.3 is 0 Å². The fourth-order valence-corrected chi connectivity index (χ4v) is 10.7. The third kappa shape index (κ3) is 7.26. The molecule has 4 nitrogen and oxygen atoms in total. The van der Waals surface area contributed by atoms with E-state index in [9.17, 15) is 5.11 Å². The lowest BCUT2D eigenvalue weighted by Crippen LogP contribution is -2.53. The molecule has 4 heteroatoms. The van der Waals surface area contributed by atoms with Gasteiger partial charge in [-0.2, -0.15) is 0 Å². The molecule has 5 N–H and O–H groups in total. The highest BCUT2D eigenvalue weighted by Crippen LogP contribution is 2.68. The Morgan fingerprint density at radius 1 is 0.795 bits per heavy atom. The highest BCUT2D eigenvalue weighted by atomic mass is 16.3. The maximum atomic E-state index is 10.4. The molecular weight excluding hydrogens is 478 g/mol. The first-order chi connectivity index (χ1) is 18.7. The van der Waals surface area contributed by atoms with Crippen LogP contribution >= 0.6 is 0 Å². The standard InChI is InChI=1S/C35H67N3O/c1-25(27(3)24-38-33(39)11-8-22-37-23-9-21-36)12-13-26(2)30-16-17-31-29-15-14-28-10-6-7-19-34(28,4)32(29)18-20-35(30,31)5/h25-33,37-39H,6-24,36H2,1-5H3/t25?,26?,27?,28?,29-,30+,31-,32-,33?,34-,35+/m0/s1. The van der Waals surface area contributed by atoms with Crippen LogP contribution in [0.5, 0.6) is 0 Å². The number of hydrogen-bond acceptors (Lipinski definition) is 4. The van der Waals surface area contributed by atoms with Crippen molar-refractivity contribution in [2.24, 2.45) is 63.9 Å². The van der Waals surface area contributed by atoms with Gasteiger partial charge in [0.25, 0.3) is 0 Å². The van der Waals surface area contributed by atoms with Gasteiger partial charge in [-0.05, 0) is 148 Å². The molecule has 11 atom stereocenters. The summed E-state index contributed by atoms with van der Waals surface area (Å²) in [7, 11) is 0. The largest absolute Gasteiger partial charge is 0.379 e. The van der Waals surface area contributed by atoms with Gasteiger partial charge in [-0.3, -0.25) is 5.32 Å². The van der Waals surface area contributed by atoms with Crippen LogP contribution in [0.15, 0.2) is 0 Å². The first kappa shape index (κ1) is 31.8. The van der Waals surface area contributed by atoms with Crippen molar-refractivity contribution in [2.45, 2.75) is 137 Å². The molecule has 228 valence electrons. The minimum Gasteiger partial charge on any atom is -0.379 e. The highest BCUT2D eigenvalue weighted by Gasteiger charge is 2.60. The molecule has 0 heterocycles. The predicted molar refractivity (Wildman–Crippen MR) is 166 cm³/mol. The number of rotatable bonds is 15. The molecule has 4 fully saturated rings. The Labute approximate surface area is 242 Å². The average molecular weight is 546 g/mol. The summed E-state index contributed by atoms with van der Waals surface area (Å²) < 4.78 is 0. The molecule has 4 aliphatic rings. The van der Waals surface area contributed by atoms with Crippen molar-refractivity contribution in [1.82, 2.24) is 10.6 Å². The molecular formula is C35H67N3O. The average Bonchev–Trinajstić information content (AvgIpc) is 3.29. The Hall–Kier alpha value is -0.160. The monoisotopic (exact) mass is 546 g/mol. The molecule has 4 rings (SSSR count). The zero-order valence-electron chi connectivity index (χ0n) is 26.7. The van der Waals surface area contributed by atoms with E-state index >= 15 is 0 Å². The van der Waals surface area contributed by atoms with Crippen molar-refractivity contribution >= 4 is 0 Å². The van der Waals surface area contributed by atoms with Crippen LogP contribution in [0.3, 0.4) is 0 Å². The van der Waals surface area contributed by atoms with E-state index in [0.717, 1.165) is 80.9 Å². The Morgan fingerprint density at radius 3 is 2.36 bits per heavy atom. The van der Waals surface area contributed by atoms with E-state index < -0.39 is 0 Å². The summed E-state index contributed by atoms with van der Waals surface area (Å²) >= 11 is 0. The van der Waals surface area contributed by atoms with Crippen LogP contribution in [-0.2, 0) is 0 Å². The van der Waals surface area contributed by atoms with Gasteiger partial charge in [0.1, 0.15) is 6.23 Å². The van der Waals surface area contributed by atoms with Crippen LogP contribution in [-0.4, -0.2) is 37.5 Å². The summed E-state index contributed by atoms with van der Waals surface area (Å²) in [6, 6.07) is 0. The molecule has 0 bridgehead atoms. The molecule has 0 saturated heterocycles. The fraction of sp³-hybridized carbons (Fsp3) is 1.00. The second-order valence-corrected chi connectivity index (χ2v) is 15.6. The number of nitrogens with one attached hydrogen (secondary N) is 2. The van der Waals surface area contributed by atoms with Crippen molar-refractivity contribution < 1.29 is 5.11 Å². The first-order valence-electron chi connectivity index (χ1n) is 17.5. The second kappa shape index (κ2) is 14.3. The number of fused-ring (bicyclic) bond motifs is 5. The summed E-state index contributed by atoms with van der Waals surface area (Å²) in [5.74, 6) is 7.17. The lowest BCUT2D eigenvalue weighted by Gasteiger charge is -2.61. The quantitative estimate of drug-likeness (QED) is 0.128. The van der Waals surface area contributed by atoms with E-state index in [1.807, 2.05) is 0 Å². The zero-order chi connectivity index (χ0) is 28.0. The third-order valence-corrected chi connectivity index (χ3v) is 13.5. The van der Waals surface area contributed by atoms with Crippen LogP contribution in [0.4, 0.5) is 0 Å². The zero-order valence-corrected chi connectivity index (χ0v) is 26.7. The SMILES string of the molecule is CC(CCC(C)[C@H]1CC[C@H]2[C@@H]3CCC4CCCC[C@]4(C)[C@H]3CC[C@]12C)C(C)CNC(O)CCCNCCCN. The van der Waals surface area contributed by atoms with Crippen molar-refractivity contribution in [3.8, 4) is 0 Å². The lowest BCUT2D eigenvalue weighted by atomic mass is 9.44. The normalized spacial score (nSPS) is 39.3. The highest BCUT2D eigenvalue weighted by molar-refractivity contribution is 5.09. The molecule has 0 aromatic rings. The van der Waals surface area contributed by atoms with Gasteiger partial charge in [-0.25, -0.2) is 0 Å². The lowest BCUT2D eigenvalue weighted by molar-refractivity contribution is -0.114. The summed E-state index contributed by atoms with van der Waals surface area (Å²) in [5.41, 5.74) is 6.80. The number of aliphatic hydroxyl groups is 1. The smallest absolute Gasteiger partial charge is 0.104 e. The van der Waals surface area contributed by atoms with Gasteiger partial charge in [-0.1, -0.05) is 60.3 Å². The van der Waals surface area contributed by atoms with E-state index in [0.29, 0.717) is 22.7 Å². The molecule has 5 unspecified atom stereocenters. The van der Waals surface area contributed by atoms with Gasteiger partial charge in [0.05, 0.1) is 0 Å². The van der Waals surface area contributed by atoms with Crippen LogP contribution in [0.2, 0.25) is 0 Å². The minimum atomic E-state index is -0.383. The van der Waals surface area contributed by atoms with E-state index in [2.05, 4.69) is 45.3 Å². The molecule has 4 aliphatic carbocycles. The first-order valence-corrected chi connectivity index (χ1v) is 17.5. The third-order valence-electron chi connectivity index (χ3n) is 13.5. The van der Waals surface area contributed by atoms with Crippen LogP contribution < -0.4 is 16.4 Å². The number of nitrogens with two attached hydrogens (primary N) is 1. The Bertz CT molecular complexity index is 731. The summed E-state index contributed by atoms with van der Waals surface area (Å²) in [4.78, 5) is 0. The summed E-state index contributed by atoms with van der Waals surface area (Å²) in [6.07, 6.45) is 20.3. The van der Waals surface area contributed by atoms with Crippen LogP contribution in [0, 0.1) is 58.2 Å². The molecule has 0 spiro atoms. The molecule has 0 aliphatic heterocycles. The number of aliphatic hydroxyl groups excluding tert-OH is 1. The van der Waals surface area contributed by atoms with E-state index in [4.69, 9.17) is 5.73 Å². The maximum Gasteiger partial charge on any atom is 0.104 e. The summed E-state index contributed by atoms with van der Waals surface area (Å²) in [6.45, 7) is 16.5. The van der Waals surface area contributed by atoms with Gasteiger partial charge in [0.15, 0.2) is 0 Å². The Morgan fingerprint density at radius 2 is 1.56 bits per heavy atom. The van der Waals surface area contributed by atoms with Crippen LogP contribution in [0.1, 0.15) is 131 Å². The van der Waals surface area contributed by atoms with Crippen molar-refractivity contribution in [3.63, 3.8) is 0 Å². The molecule has 0 amide bonds. The molecule has 4 saturated carbocycles. The molecule has 0 aromatic heterocycles. The van der Waals surface area contributed by atoms with Crippen molar-refractivity contribution in [3.05, 3.63) is 0 Å². The topological polar surface area (TPSA) is 70.3 Å². The van der Waals surface area contributed by atoms with Crippen molar-refractivity contribution in [2.75, 3.05) is 26.2 Å².